The van der Waals surface area contributed by atoms with Gasteiger partial charge in [-0.05, 0) is 32.9 Å². The molecule has 0 aliphatic rings. The van der Waals surface area contributed by atoms with Crippen LogP contribution in [0, 0.1) is 29.7 Å². The Balaban J connectivity index is 3.03. The first-order valence-corrected chi connectivity index (χ1v) is 5.79. The fourth-order valence-electron chi connectivity index (χ4n) is 1.04. The summed E-state index contributed by atoms with van der Waals surface area (Å²) in [5, 5.41) is 2.84. The molecule has 0 spiro atoms. The van der Waals surface area contributed by atoms with Gasteiger partial charge in [0.15, 0.2) is 0 Å². The molecule has 0 fully saturated rings. The van der Waals surface area contributed by atoms with Gasteiger partial charge in [-0.2, -0.15) is 0 Å². The van der Waals surface area contributed by atoms with Crippen LogP contribution in [0.2, 0.25) is 0 Å². The van der Waals surface area contributed by atoms with Crippen molar-refractivity contribution < 1.29 is 0 Å². The summed E-state index contributed by atoms with van der Waals surface area (Å²) < 4.78 is 0. The van der Waals surface area contributed by atoms with Crippen LogP contribution in [0.3, 0.4) is 0 Å². The molecule has 0 aliphatic heterocycles. The average molecular weight is 229 g/mol. The molecule has 0 atom stereocenters. The van der Waals surface area contributed by atoms with E-state index in [1.54, 1.807) is 17.4 Å². The number of rotatable bonds is 2. The van der Waals surface area contributed by atoms with Gasteiger partial charge in [-0.25, -0.2) is 0 Å². The summed E-state index contributed by atoms with van der Waals surface area (Å²) in [5.41, 5.74) is 0.915. The summed E-state index contributed by atoms with van der Waals surface area (Å²) in [5.74, 6) is 6.34. The van der Waals surface area contributed by atoms with Gasteiger partial charge in [-0.1, -0.05) is 24.8 Å². The van der Waals surface area contributed by atoms with Crippen LogP contribution in [0.15, 0.2) is 12.6 Å². The summed E-state index contributed by atoms with van der Waals surface area (Å²) in [4.78, 5) is 2.03. The minimum Gasteiger partial charge on any atom is -0.314 e. The molecule has 0 saturated carbocycles. The highest BCUT2D eigenvalue weighted by Gasteiger charge is 2.06. The zero-order valence-electron chi connectivity index (χ0n) is 9.85. The molecule has 1 aromatic rings. The highest BCUT2D eigenvalue weighted by molar-refractivity contribution is 7.14. The molecular weight excluding hydrogens is 214 g/mol. The monoisotopic (exact) mass is 229 g/mol. The standard InChI is InChI=1S/C14H15NS/c1-6-13-12(15-7-2)10-11(16-13)8-9-14(3,4)5/h2,6,10,15H,1H2,3-5H3. The summed E-state index contributed by atoms with van der Waals surface area (Å²) in [6, 6.07) is 4.36. The van der Waals surface area contributed by atoms with Crippen molar-refractivity contribution in [3.8, 4) is 24.3 Å². The number of hydrogen-bond donors (Lipinski definition) is 1. The fraction of sp³-hybridized carbons (Fsp3) is 0.286. The molecule has 0 bridgehead atoms. The first-order valence-electron chi connectivity index (χ1n) is 4.97. The van der Waals surface area contributed by atoms with Gasteiger partial charge in [-0.3, -0.25) is 0 Å². The minimum atomic E-state index is 0.0119. The van der Waals surface area contributed by atoms with E-state index in [4.69, 9.17) is 6.42 Å². The van der Waals surface area contributed by atoms with Gasteiger partial charge in [0, 0.05) is 11.5 Å². The molecule has 1 nitrogen and oxygen atoms in total. The highest BCUT2D eigenvalue weighted by atomic mass is 32.1. The first kappa shape index (κ1) is 12.4. The van der Waals surface area contributed by atoms with E-state index in [1.165, 1.54) is 0 Å². The summed E-state index contributed by atoms with van der Waals surface area (Å²) >= 11 is 1.59. The Bertz CT molecular complexity index is 484. The largest absolute Gasteiger partial charge is 0.314 e. The van der Waals surface area contributed by atoms with E-state index in [9.17, 15) is 0 Å². The highest BCUT2D eigenvalue weighted by Crippen LogP contribution is 2.27. The molecule has 0 unspecified atom stereocenters. The van der Waals surface area contributed by atoms with Crippen LogP contribution in [0.5, 0.6) is 0 Å². The molecule has 0 saturated heterocycles. The summed E-state index contributed by atoms with van der Waals surface area (Å²) in [6.45, 7) is 10.0. The quantitative estimate of drug-likeness (QED) is 0.601. The average Bonchev–Trinajstić information content (AvgIpc) is 2.57. The molecule has 0 aliphatic carbocycles. The molecular formula is C14H15NS. The zero-order chi connectivity index (χ0) is 12.2. The maximum Gasteiger partial charge on any atom is 0.0796 e. The lowest BCUT2D eigenvalue weighted by Gasteiger charge is -2.06. The van der Waals surface area contributed by atoms with Crippen molar-refractivity contribution in [2.24, 2.45) is 5.41 Å². The van der Waals surface area contributed by atoms with Crippen LogP contribution in [0.1, 0.15) is 30.5 Å². The Labute approximate surface area is 102 Å². The van der Waals surface area contributed by atoms with Gasteiger partial charge in [0.1, 0.15) is 0 Å². The molecule has 1 heterocycles. The number of terminal acetylenes is 1. The van der Waals surface area contributed by atoms with Gasteiger partial charge < -0.3 is 5.32 Å². The number of hydrogen-bond acceptors (Lipinski definition) is 2. The van der Waals surface area contributed by atoms with E-state index in [2.05, 4.69) is 50.6 Å². The molecule has 82 valence electrons. The van der Waals surface area contributed by atoms with Crippen LogP contribution in [-0.4, -0.2) is 0 Å². The second-order valence-corrected chi connectivity index (χ2v) is 5.45. The topological polar surface area (TPSA) is 12.0 Å². The molecule has 0 amide bonds. The smallest absolute Gasteiger partial charge is 0.0796 e. The van der Waals surface area contributed by atoms with Gasteiger partial charge in [0.05, 0.1) is 15.4 Å². The van der Waals surface area contributed by atoms with Gasteiger partial charge in [0.25, 0.3) is 0 Å². The van der Waals surface area contributed by atoms with E-state index < -0.39 is 0 Å². The molecule has 16 heavy (non-hydrogen) atoms. The van der Waals surface area contributed by atoms with Gasteiger partial charge in [-0.15, -0.1) is 11.3 Å². The van der Waals surface area contributed by atoms with Crippen LogP contribution in [0.4, 0.5) is 5.69 Å². The van der Waals surface area contributed by atoms with Crippen molar-refractivity contribution >= 4 is 23.1 Å². The van der Waals surface area contributed by atoms with E-state index in [1.807, 2.05) is 6.07 Å². The lowest BCUT2D eigenvalue weighted by molar-refractivity contribution is 0.571. The maximum absolute atomic E-state index is 5.21. The van der Waals surface area contributed by atoms with Crippen molar-refractivity contribution in [2.45, 2.75) is 20.8 Å². The fourth-order valence-corrected chi connectivity index (χ4v) is 1.86. The van der Waals surface area contributed by atoms with E-state index in [-0.39, 0.29) is 5.41 Å². The zero-order valence-corrected chi connectivity index (χ0v) is 10.7. The van der Waals surface area contributed by atoms with Crippen molar-refractivity contribution in [1.82, 2.24) is 0 Å². The molecule has 1 rings (SSSR count). The second kappa shape index (κ2) is 4.92. The molecule has 1 aromatic heterocycles. The molecule has 2 heteroatoms. The molecule has 1 N–H and O–H groups in total. The minimum absolute atomic E-state index is 0.0119. The van der Waals surface area contributed by atoms with E-state index >= 15 is 0 Å². The number of nitrogens with one attached hydrogen (secondary N) is 1. The van der Waals surface area contributed by atoms with Gasteiger partial charge in [0.2, 0.25) is 0 Å². The van der Waals surface area contributed by atoms with Crippen LogP contribution in [0.25, 0.3) is 6.08 Å². The van der Waals surface area contributed by atoms with Crippen LogP contribution < -0.4 is 5.32 Å². The third-order valence-electron chi connectivity index (χ3n) is 1.71. The lowest BCUT2D eigenvalue weighted by atomic mass is 9.98. The van der Waals surface area contributed by atoms with Crippen LogP contribution >= 0.6 is 11.3 Å². The predicted molar refractivity (Wildman–Crippen MR) is 73.2 cm³/mol. The van der Waals surface area contributed by atoms with E-state index in [0.717, 1.165) is 15.4 Å². The Morgan fingerprint density at radius 1 is 1.50 bits per heavy atom. The van der Waals surface area contributed by atoms with E-state index in [0.29, 0.717) is 0 Å². The summed E-state index contributed by atoms with van der Waals surface area (Å²) in [7, 11) is 0. The molecule has 0 radical (unpaired) electrons. The van der Waals surface area contributed by atoms with Gasteiger partial charge >= 0.3 is 0 Å². The SMILES string of the molecule is C#CNc1cc(C#CC(C)(C)C)sc1C=C. The Hall–Kier alpha value is -1.64. The van der Waals surface area contributed by atoms with Crippen molar-refractivity contribution in [3.63, 3.8) is 0 Å². The van der Waals surface area contributed by atoms with Crippen molar-refractivity contribution in [1.29, 1.82) is 0 Å². The Morgan fingerprint density at radius 2 is 2.19 bits per heavy atom. The second-order valence-electron chi connectivity index (χ2n) is 4.36. The Morgan fingerprint density at radius 3 is 2.69 bits per heavy atom. The lowest BCUT2D eigenvalue weighted by Crippen LogP contribution is -1.98. The third-order valence-corrected chi connectivity index (χ3v) is 2.76. The first-order chi connectivity index (χ1) is 7.46. The Kier molecular flexibility index (Phi) is 3.82. The summed E-state index contributed by atoms with van der Waals surface area (Å²) in [6.07, 6.45) is 6.99. The third kappa shape index (κ3) is 3.50. The molecule has 0 aromatic carbocycles. The predicted octanol–water partition coefficient (Wildman–Crippen LogP) is 3.79. The number of thiophene rings is 1. The van der Waals surface area contributed by atoms with Crippen LogP contribution in [-0.2, 0) is 0 Å². The van der Waals surface area contributed by atoms with Crippen molar-refractivity contribution in [3.05, 3.63) is 22.4 Å². The number of anilines is 1. The maximum atomic E-state index is 5.21. The van der Waals surface area contributed by atoms with Crippen molar-refractivity contribution in [2.75, 3.05) is 5.32 Å². The normalized spacial score (nSPS) is 9.88.